The number of anilines is 3. The van der Waals surface area contributed by atoms with E-state index in [0.29, 0.717) is 0 Å². The highest BCUT2D eigenvalue weighted by Crippen LogP contribution is 2.43. The van der Waals surface area contributed by atoms with Crippen molar-refractivity contribution in [3.8, 4) is 0 Å². The topological polar surface area (TPSA) is 16.4 Å². The van der Waals surface area contributed by atoms with Crippen molar-refractivity contribution in [1.82, 2.24) is 0 Å². The maximum absolute atomic E-state index is 6.13. The van der Waals surface area contributed by atoms with Crippen LogP contribution in [0.5, 0.6) is 0 Å². The van der Waals surface area contributed by atoms with E-state index < -0.39 is 0 Å². The molecule has 0 amide bonds. The fourth-order valence-corrected chi connectivity index (χ4v) is 5.89. The molecule has 0 atom stereocenters. The van der Waals surface area contributed by atoms with Gasteiger partial charge in [0, 0.05) is 27.5 Å². The van der Waals surface area contributed by atoms with Gasteiger partial charge in [-0.15, -0.1) is 0 Å². The molecule has 7 aromatic carbocycles. The first-order valence-electron chi connectivity index (χ1n) is 12.9. The van der Waals surface area contributed by atoms with Crippen molar-refractivity contribution in [1.29, 1.82) is 0 Å². The first kappa shape index (κ1) is 21.0. The highest BCUT2D eigenvalue weighted by atomic mass is 16.3. The fourth-order valence-electron chi connectivity index (χ4n) is 5.89. The Morgan fingerprint density at radius 1 is 0.368 bits per heavy atom. The predicted molar refractivity (Wildman–Crippen MR) is 161 cm³/mol. The van der Waals surface area contributed by atoms with Gasteiger partial charge < -0.3 is 9.32 Å². The van der Waals surface area contributed by atoms with Crippen LogP contribution in [-0.4, -0.2) is 0 Å². The number of hydrogen-bond acceptors (Lipinski definition) is 2. The van der Waals surface area contributed by atoms with Gasteiger partial charge in [0.2, 0.25) is 0 Å². The molecule has 0 bridgehead atoms. The average molecular weight is 486 g/mol. The second-order valence-electron chi connectivity index (χ2n) is 9.77. The lowest BCUT2D eigenvalue weighted by molar-refractivity contribution is 0.669. The summed E-state index contributed by atoms with van der Waals surface area (Å²) in [6.45, 7) is 0. The first-order valence-corrected chi connectivity index (χ1v) is 12.9. The summed E-state index contributed by atoms with van der Waals surface area (Å²) in [5.74, 6) is 0. The summed E-state index contributed by atoms with van der Waals surface area (Å²) in [5.41, 5.74) is 5.18. The van der Waals surface area contributed by atoms with E-state index in [1.54, 1.807) is 0 Å². The standard InChI is InChI=1S/C36H23NO/c1-2-10-25(11-3-1)37(26-18-22-36-33(23-26)32-13-6-7-16-35(32)38-36)34-15-8-14-28-30-19-17-24-9-4-5-12-27(24)29(30)20-21-31(28)34/h1-23H. The van der Waals surface area contributed by atoms with E-state index in [1.165, 1.54) is 32.3 Å². The van der Waals surface area contributed by atoms with Crippen LogP contribution in [0, 0.1) is 0 Å². The predicted octanol–water partition coefficient (Wildman–Crippen LogP) is 10.5. The lowest BCUT2D eigenvalue weighted by atomic mass is 9.96. The van der Waals surface area contributed by atoms with Gasteiger partial charge in [0.15, 0.2) is 0 Å². The zero-order chi connectivity index (χ0) is 25.1. The van der Waals surface area contributed by atoms with E-state index in [1.807, 2.05) is 12.1 Å². The zero-order valence-electron chi connectivity index (χ0n) is 20.6. The Hall–Kier alpha value is -5.08. The Morgan fingerprint density at radius 3 is 1.95 bits per heavy atom. The molecule has 0 fully saturated rings. The molecular formula is C36H23NO. The summed E-state index contributed by atoms with van der Waals surface area (Å²) in [7, 11) is 0. The van der Waals surface area contributed by atoms with Gasteiger partial charge >= 0.3 is 0 Å². The summed E-state index contributed by atoms with van der Waals surface area (Å²) < 4.78 is 6.13. The van der Waals surface area contributed by atoms with Crippen LogP contribution >= 0.6 is 0 Å². The van der Waals surface area contributed by atoms with Crippen molar-refractivity contribution in [2.75, 3.05) is 4.90 Å². The lowest BCUT2D eigenvalue weighted by Gasteiger charge is -2.27. The molecule has 1 aromatic heterocycles. The van der Waals surface area contributed by atoms with E-state index in [0.717, 1.165) is 39.0 Å². The smallest absolute Gasteiger partial charge is 0.135 e. The van der Waals surface area contributed by atoms with Gasteiger partial charge in [-0.3, -0.25) is 0 Å². The molecule has 0 aliphatic rings. The van der Waals surface area contributed by atoms with Crippen molar-refractivity contribution < 1.29 is 4.42 Å². The molecule has 0 N–H and O–H groups in total. The van der Waals surface area contributed by atoms with Crippen molar-refractivity contribution in [2.45, 2.75) is 0 Å². The quantitative estimate of drug-likeness (QED) is 0.231. The molecule has 0 aliphatic carbocycles. The van der Waals surface area contributed by atoms with E-state index in [9.17, 15) is 0 Å². The molecule has 0 radical (unpaired) electrons. The van der Waals surface area contributed by atoms with Crippen LogP contribution in [0.2, 0.25) is 0 Å². The largest absolute Gasteiger partial charge is 0.456 e. The third-order valence-corrected chi connectivity index (χ3v) is 7.63. The Morgan fingerprint density at radius 2 is 1.03 bits per heavy atom. The monoisotopic (exact) mass is 485 g/mol. The molecule has 2 nitrogen and oxygen atoms in total. The Kier molecular flexibility index (Phi) is 4.55. The zero-order valence-corrected chi connectivity index (χ0v) is 20.6. The van der Waals surface area contributed by atoms with Crippen LogP contribution in [0.4, 0.5) is 17.1 Å². The first-order chi connectivity index (χ1) is 18.8. The number of rotatable bonds is 3. The maximum Gasteiger partial charge on any atom is 0.135 e. The van der Waals surface area contributed by atoms with Crippen LogP contribution in [0.1, 0.15) is 0 Å². The normalized spacial score (nSPS) is 11.7. The highest BCUT2D eigenvalue weighted by molar-refractivity contribution is 6.19. The van der Waals surface area contributed by atoms with Gasteiger partial charge in [0.05, 0.1) is 5.69 Å². The van der Waals surface area contributed by atoms with Crippen LogP contribution in [-0.2, 0) is 0 Å². The average Bonchev–Trinajstić information content (AvgIpc) is 3.36. The summed E-state index contributed by atoms with van der Waals surface area (Å²) in [5, 5.41) is 9.83. The van der Waals surface area contributed by atoms with Crippen LogP contribution in [0.15, 0.2) is 144 Å². The molecule has 8 rings (SSSR count). The van der Waals surface area contributed by atoms with Crippen LogP contribution in [0.3, 0.4) is 0 Å². The number of fused-ring (bicyclic) bond motifs is 8. The molecule has 8 aromatic rings. The molecule has 0 spiro atoms. The molecule has 0 aliphatic heterocycles. The SMILES string of the molecule is c1ccc(N(c2ccc3oc4ccccc4c3c2)c2cccc3c2ccc2c4ccccc4ccc32)cc1. The lowest BCUT2D eigenvalue weighted by Crippen LogP contribution is -2.10. The van der Waals surface area contributed by atoms with Crippen molar-refractivity contribution >= 4 is 71.3 Å². The molecule has 0 saturated carbocycles. The van der Waals surface area contributed by atoms with Gasteiger partial charge in [-0.05, 0) is 69.4 Å². The second-order valence-corrected chi connectivity index (χ2v) is 9.77. The second kappa shape index (κ2) is 8.22. The Labute approximate surface area is 220 Å². The molecule has 1 heterocycles. The molecule has 0 unspecified atom stereocenters. The molecule has 38 heavy (non-hydrogen) atoms. The van der Waals surface area contributed by atoms with Crippen LogP contribution in [0.25, 0.3) is 54.3 Å². The molecular weight excluding hydrogens is 462 g/mol. The number of benzene rings is 7. The third kappa shape index (κ3) is 3.14. The van der Waals surface area contributed by atoms with Crippen LogP contribution < -0.4 is 4.90 Å². The number of para-hydroxylation sites is 2. The van der Waals surface area contributed by atoms with E-state index >= 15 is 0 Å². The minimum atomic E-state index is 0.902. The third-order valence-electron chi connectivity index (χ3n) is 7.63. The van der Waals surface area contributed by atoms with Crippen molar-refractivity contribution in [2.24, 2.45) is 0 Å². The highest BCUT2D eigenvalue weighted by Gasteiger charge is 2.18. The summed E-state index contributed by atoms with van der Waals surface area (Å²) >= 11 is 0. The van der Waals surface area contributed by atoms with E-state index in [4.69, 9.17) is 4.42 Å². The summed E-state index contributed by atoms with van der Waals surface area (Å²) in [6.07, 6.45) is 0. The summed E-state index contributed by atoms with van der Waals surface area (Å²) in [6, 6.07) is 49.7. The van der Waals surface area contributed by atoms with Crippen molar-refractivity contribution in [3.05, 3.63) is 140 Å². The van der Waals surface area contributed by atoms with Gasteiger partial charge in [0.25, 0.3) is 0 Å². The summed E-state index contributed by atoms with van der Waals surface area (Å²) in [4.78, 5) is 2.36. The number of hydrogen-bond donors (Lipinski definition) is 0. The van der Waals surface area contributed by atoms with E-state index in [2.05, 4.69) is 132 Å². The molecule has 0 saturated heterocycles. The van der Waals surface area contributed by atoms with E-state index in [-0.39, 0.29) is 0 Å². The van der Waals surface area contributed by atoms with Crippen molar-refractivity contribution in [3.63, 3.8) is 0 Å². The van der Waals surface area contributed by atoms with Gasteiger partial charge in [0.1, 0.15) is 11.2 Å². The minimum Gasteiger partial charge on any atom is -0.456 e. The number of nitrogens with zero attached hydrogens (tertiary/aromatic N) is 1. The van der Waals surface area contributed by atoms with Gasteiger partial charge in [-0.25, -0.2) is 0 Å². The fraction of sp³-hybridized carbons (Fsp3) is 0. The Bertz CT molecular complexity index is 2140. The Balaban J connectivity index is 1.41. The maximum atomic E-state index is 6.13. The molecule has 178 valence electrons. The van der Waals surface area contributed by atoms with Gasteiger partial charge in [-0.2, -0.15) is 0 Å². The minimum absolute atomic E-state index is 0.902. The van der Waals surface area contributed by atoms with Gasteiger partial charge in [-0.1, -0.05) is 97.1 Å². The number of furan rings is 1. The molecule has 2 heteroatoms.